The summed E-state index contributed by atoms with van der Waals surface area (Å²) in [4.78, 5) is 38.5. The molecule has 1 saturated heterocycles. The largest absolute Gasteiger partial charge is 0.507 e. The van der Waals surface area contributed by atoms with Gasteiger partial charge in [-0.3, -0.25) is 9.59 Å². The van der Waals surface area contributed by atoms with E-state index in [1.807, 2.05) is 36.5 Å². The van der Waals surface area contributed by atoms with Crippen LogP contribution in [0, 0.1) is 13.8 Å². The van der Waals surface area contributed by atoms with Crippen LogP contribution < -0.4 is 0 Å². The Labute approximate surface area is 168 Å². The molecule has 1 N–H and O–H groups in total. The van der Waals surface area contributed by atoms with Gasteiger partial charge in [-0.1, -0.05) is 6.07 Å². The van der Waals surface area contributed by atoms with Crippen LogP contribution in [0.3, 0.4) is 0 Å². The molecular weight excluding hydrogens is 376 g/mol. The molecule has 0 bridgehead atoms. The number of aliphatic hydroxyl groups is 1. The lowest BCUT2D eigenvalue weighted by Crippen LogP contribution is -2.32. The number of thiophene rings is 1. The number of aromatic nitrogens is 2. The molecule has 148 valence electrons. The first-order chi connectivity index (χ1) is 13.3. The number of Topliss-reactive ketones (excluding diaryl/α,β-unsaturated/α-hetero) is 1. The molecule has 1 aliphatic heterocycles. The normalized spacial score (nSPS) is 19.0. The Morgan fingerprint density at radius 2 is 2.07 bits per heavy atom. The first-order valence-electron chi connectivity index (χ1n) is 9.08. The zero-order chi connectivity index (χ0) is 20.4. The van der Waals surface area contributed by atoms with Crippen molar-refractivity contribution in [1.82, 2.24) is 19.8 Å². The maximum absolute atomic E-state index is 12.9. The summed E-state index contributed by atoms with van der Waals surface area (Å²) in [5.74, 6) is -0.887. The van der Waals surface area contributed by atoms with Crippen molar-refractivity contribution in [3.8, 4) is 0 Å². The maximum Gasteiger partial charge on any atom is 0.295 e. The summed E-state index contributed by atoms with van der Waals surface area (Å²) in [6.45, 7) is 4.74. The molecule has 3 rings (SSSR count). The lowest BCUT2D eigenvalue weighted by Gasteiger charge is -2.24. The quantitative estimate of drug-likeness (QED) is 0.456. The van der Waals surface area contributed by atoms with Crippen LogP contribution in [-0.2, 0) is 9.59 Å². The molecule has 0 aliphatic carbocycles. The number of likely N-dealkylation sites (tertiary alicyclic amines) is 1. The van der Waals surface area contributed by atoms with Gasteiger partial charge in [0.2, 0.25) is 0 Å². The second-order valence-corrected chi connectivity index (χ2v) is 8.06. The topological polar surface area (TPSA) is 86.6 Å². The second-order valence-electron chi connectivity index (χ2n) is 7.08. The lowest BCUT2D eigenvalue weighted by molar-refractivity contribution is -0.139. The Balaban J connectivity index is 2.07. The summed E-state index contributed by atoms with van der Waals surface area (Å²) in [7, 11) is 3.93. The van der Waals surface area contributed by atoms with E-state index in [0.29, 0.717) is 23.6 Å². The molecule has 7 nitrogen and oxygen atoms in total. The van der Waals surface area contributed by atoms with Crippen LogP contribution in [0.5, 0.6) is 0 Å². The van der Waals surface area contributed by atoms with Crippen LogP contribution in [0.15, 0.2) is 29.3 Å². The fourth-order valence-electron chi connectivity index (χ4n) is 3.37. The van der Waals surface area contributed by atoms with E-state index in [0.717, 1.165) is 17.8 Å². The van der Waals surface area contributed by atoms with Crippen LogP contribution >= 0.6 is 11.3 Å². The average Bonchev–Trinajstić information content (AvgIpc) is 3.23. The molecule has 0 radical (unpaired) electrons. The number of carbonyl (C=O) groups excluding carboxylic acids is 2. The van der Waals surface area contributed by atoms with Gasteiger partial charge in [-0.25, -0.2) is 9.97 Å². The summed E-state index contributed by atoms with van der Waals surface area (Å²) < 4.78 is 0. The highest BCUT2D eigenvalue weighted by molar-refractivity contribution is 7.10. The second kappa shape index (κ2) is 8.20. The third-order valence-corrected chi connectivity index (χ3v) is 5.64. The van der Waals surface area contributed by atoms with E-state index in [4.69, 9.17) is 0 Å². The minimum absolute atomic E-state index is 0.104. The van der Waals surface area contributed by atoms with E-state index >= 15 is 0 Å². The minimum Gasteiger partial charge on any atom is -0.507 e. The summed E-state index contributed by atoms with van der Waals surface area (Å²) in [6, 6.07) is 3.16. The fraction of sp³-hybridized carbons (Fsp3) is 0.400. The maximum atomic E-state index is 12.9. The van der Waals surface area contributed by atoms with Gasteiger partial charge in [0.05, 0.1) is 22.9 Å². The number of hydrogen-bond donors (Lipinski definition) is 1. The van der Waals surface area contributed by atoms with Crippen LogP contribution in [0.1, 0.15) is 34.4 Å². The number of aliphatic hydroxyl groups excluding tert-OH is 1. The molecule has 8 heteroatoms. The van der Waals surface area contributed by atoms with Crippen molar-refractivity contribution >= 4 is 28.8 Å². The molecule has 0 aromatic carbocycles. The van der Waals surface area contributed by atoms with E-state index in [1.165, 1.54) is 17.5 Å². The Morgan fingerprint density at radius 3 is 2.68 bits per heavy atom. The molecule has 0 spiro atoms. The summed E-state index contributed by atoms with van der Waals surface area (Å²) in [5.41, 5.74) is 1.04. The van der Waals surface area contributed by atoms with Crippen LogP contribution in [0.2, 0.25) is 0 Å². The molecule has 1 fully saturated rings. The Morgan fingerprint density at radius 1 is 1.32 bits per heavy atom. The Kier molecular flexibility index (Phi) is 5.90. The first kappa shape index (κ1) is 20.2. The van der Waals surface area contributed by atoms with Gasteiger partial charge in [-0.2, -0.15) is 0 Å². The van der Waals surface area contributed by atoms with Gasteiger partial charge in [-0.05, 0) is 52.4 Å². The number of amides is 1. The smallest absolute Gasteiger partial charge is 0.295 e. The predicted octanol–water partition coefficient (Wildman–Crippen LogP) is 2.53. The number of nitrogens with zero attached hydrogens (tertiary/aromatic N) is 4. The van der Waals surface area contributed by atoms with E-state index in [-0.39, 0.29) is 11.3 Å². The van der Waals surface area contributed by atoms with Crippen molar-refractivity contribution in [2.24, 2.45) is 0 Å². The molecule has 1 atom stereocenters. The van der Waals surface area contributed by atoms with Crippen molar-refractivity contribution in [3.05, 3.63) is 51.2 Å². The summed E-state index contributed by atoms with van der Waals surface area (Å²) in [5, 5.41) is 12.9. The van der Waals surface area contributed by atoms with Gasteiger partial charge >= 0.3 is 0 Å². The third kappa shape index (κ3) is 3.83. The zero-order valence-corrected chi connectivity index (χ0v) is 17.3. The lowest BCUT2D eigenvalue weighted by atomic mass is 10.00. The van der Waals surface area contributed by atoms with Gasteiger partial charge in [-0.15, -0.1) is 11.3 Å². The van der Waals surface area contributed by atoms with Gasteiger partial charge in [0.15, 0.2) is 0 Å². The van der Waals surface area contributed by atoms with Crippen molar-refractivity contribution in [2.75, 3.05) is 27.2 Å². The van der Waals surface area contributed by atoms with Gasteiger partial charge in [0, 0.05) is 17.6 Å². The van der Waals surface area contributed by atoms with Crippen molar-refractivity contribution in [2.45, 2.75) is 26.3 Å². The van der Waals surface area contributed by atoms with Crippen LogP contribution in [0.4, 0.5) is 0 Å². The van der Waals surface area contributed by atoms with Gasteiger partial charge in [0.1, 0.15) is 11.6 Å². The summed E-state index contributed by atoms with van der Waals surface area (Å²) in [6.07, 6.45) is 2.23. The number of aryl methyl sites for hydroxylation is 2. The molecule has 28 heavy (non-hydrogen) atoms. The Hall–Kier alpha value is -2.58. The SMILES string of the molecule is Cc1ncc(/C(O)=C2\C(=O)C(=O)N(CCCN(C)C)C2c2cccs2)c(C)n1. The summed E-state index contributed by atoms with van der Waals surface area (Å²) >= 11 is 1.46. The molecule has 0 saturated carbocycles. The zero-order valence-electron chi connectivity index (χ0n) is 16.5. The van der Waals surface area contributed by atoms with Crippen LogP contribution in [-0.4, -0.2) is 63.7 Å². The molecule has 2 aromatic rings. The number of carbonyl (C=O) groups is 2. The number of ketones is 1. The third-order valence-electron chi connectivity index (χ3n) is 4.71. The molecular formula is C20H24N4O3S. The van der Waals surface area contributed by atoms with E-state index in [9.17, 15) is 14.7 Å². The standard InChI is InChI=1S/C20H24N4O3S/c1-12-14(11-21-13(2)22-12)18(25)16-17(15-7-5-10-28-15)24(20(27)19(16)26)9-6-8-23(3)4/h5,7,10-11,17,25H,6,8-9H2,1-4H3/b18-16+. The highest BCUT2D eigenvalue weighted by Crippen LogP contribution is 2.41. The first-order valence-corrected chi connectivity index (χ1v) is 9.96. The van der Waals surface area contributed by atoms with E-state index < -0.39 is 17.7 Å². The van der Waals surface area contributed by atoms with E-state index in [2.05, 4.69) is 9.97 Å². The molecule has 1 aliphatic rings. The molecule has 1 unspecified atom stereocenters. The van der Waals surface area contributed by atoms with Crippen molar-refractivity contribution < 1.29 is 14.7 Å². The van der Waals surface area contributed by atoms with Crippen LogP contribution in [0.25, 0.3) is 5.76 Å². The molecule has 1 amide bonds. The van der Waals surface area contributed by atoms with Crippen molar-refractivity contribution in [3.63, 3.8) is 0 Å². The van der Waals surface area contributed by atoms with E-state index in [1.54, 1.807) is 18.7 Å². The highest BCUT2D eigenvalue weighted by Gasteiger charge is 2.46. The monoisotopic (exact) mass is 400 g/mol. The molecule has 2 aromatic heterocycles. The highest BCUT2D eigenvalue weighted by atomic mass is 32.1. The fourth-order valence-corrected chi connectivity index (χ4v) is 4.22. The predicted molar refractivity (Wildman–Crippen MR) is 108 cm³/mol. The average molecular weight is 401 g/mol. The van der Waals surface area contributed by atoms with Gasteiger partial charge in [0.25, 0.3) is 11.7 Å². The minimum atomic E-state index is -0.666. The van der Waals surface area contributed by atoms with Gasteiger partial charge < -0.3 is 14.9 Å². The molecule has 3 heterocycles. The van der Waals surface area contributed by atoms with Crippen molar-refractivity contribution in [1.29, 1.82) is 0 Å². The Bertz CT molecular complexity index is 922. The number of rotatable bonds is 6. The number of hydrogen-bond acceptors (Lipinski definition) is 7.